The number of nitrogens with one attached hydrogen (secondary N) is 3. The van der Waals surface area contributed by atoms with E-state index in [0.29, 0.717) is 27.3 Å². The summed E-state index contributed by atoms with van der Waals surface area (Å²) in [6.45, 7) is 0. The number of nitrogens with zero attached hydrogens (tertiary/aromatic N) is 5. The molecular weight excluding hydrogens is 450 g/mol. The van der Waals surface area contributed by atoms with Crippen molar-refractivity contribution >= 4 is 46.0 Å². The maximum absolute atomic E-state index is 14.5. The number of anilines is 3. The van der Waals surface area contributed by atoms with Gasteiger partial charge in [0.1, 0.15) is 34.9 Å². The number of hydrogen-bond donors (Lipinski definition) is 3. The van der Waals surface area contributed by atoms with Gasteiger partial charge in [0.15, 0.2) is 17.8 Å². The highest BCUT2D eigenvalue weighted by atomic mass is 32.1. The van der Waals surface area contributed by atoms with Crippen molar-refractivity contribution in [1.82, 2.24) is 29.9 Å². The van der Waals surface area contributed by atoms with Gasteiger partial charge < -0.3 is 15.6 Å². The fraction of sp³-hybridized carbons (Fsp3) is 0.0476. The zero-order chi connectivity index (χ0) is 23.2. The Morgan fingerprint density at radius 1 is 1.12 bits per heavy atom. The summed E-state index contributed by atoms with van der Waals surface area (Å²) in [7, 11) is 1.56. The minimum Gasteiger partial charge on any atom is -0.386 e. The topological polar surface area (TPSA) is 121 Å². The van der Waals surface area contributed by atoms with Crippen LogP contribution in [-0.2, 0) is 0 Å². The standard InChI is InChI=1S/C17H13F2N7.C4H3NOS/c1-20-11-5-4-10(18)14(12(11)19)26-16-9(3-2-6-21-16)13-15-17(24-7-22-13)25-8-23-15;6-2-4-1-5-3-7-4/h2-8,20H,1H3,(H,21,26)(H,22,23,24,25);1-3H. The van der Waals surface area contributed by atoms with Crippen molar-refractivity contribution in [2.45, 2.75) is 0 Å². The Balaban J connectivity index is 0.000000318. The second-order valence-electron chi connectivity index (χ2n) is 6.40. The summed E-state index contributed by atoms with van der Waals surface area (Å²) < 4.78 is 28.7. The predicted octanol–water partition coefficient (Wildman–Crippen LogP) is 4.43. The molecule has 0 aliphatic heterocycles. The van der Waals surface area contributed by atoms with E-state index in [-0.39, 0.29) is 17.2 Å². The molecule has 0 radical (unpaired) electrons. The number of rotatable bonds is 5. The smallest absolute Gasteiger partial charge is 0.181 e. The number of aldehydes is 1. The van der Waals surface area contributed by atoms with E-state index in [1.165, 1.54) is 48.5 Å². The number of thiazole rings is 1. The van der Waals surface area contributed by atoms with Crippen LogP contribution in [0.1, 0.15) is 9.67 Å². The van der Waals surface area contributed by atoms with Gasteiger partial charge in [-0.25, -0.2) is 28.7 Å². The first-order valence-electron chi connectivity index (χ1n) is 9.48. The van der Waals surface area contributed by atoms with Gasteiger partial charge in [0.2, 0.25) is 0 Å². The van der Waals surface area contributed by atoms with Gasteiger partial charge in [-0.15, -0.1) is 11.3 Å². The van der Waals surface area contributed by atoms with E-state index in [4.69, 9.17) is 0 Å². The molecule has 4 aromatic heterocycles. The van der Waals surface area contributed by atoms with E-state index in [1.807, 2.05) is 0 Å². The highest BCUT2D eigenvalue weighted by Crippen LogP contribution is 2.33. The molecule has 0 aliphatic rings. The van der Waals surface area contributed by atoms with Gasteiger partial charge in [0, 0.05) is 25.0 Å². The highest BCUT2D eigenvalue weighted by Gasteiger charge is 2.18. The van der Waals surface area contributed by atoms with Crippen LogP contribution in [0.5, 0.6) is 0 Å². The Kier molecular flexibility index (Phi) is 6.55. The Labute approximate surface area is 190 Å². The molecule has 0 unspecified atom stereocenters. The number of H-pyrrole nitrogens is 1. The van der Waals surface area contributed by atoms with Crippen LogP contribution in [0.2, 0.25) is 0 Å². The van der Waals surface area contributed by atoms with Gasteiger partial charge in [0.05, 0.1) is 22.4 Å². The van der Waals surface area contributed by atoms with Crippen molar-refractivity contribution in [1.29, 1.82) is 0 Å². The Bertz CT molecular complexity index is 1390. The molecule has 5 aromatic rings. The van der Waals surface area contributed by atoms with Gasteiger partial charge in [-0.05, 0) is 24.3 Å². The van der Waals surface area contributed by atoms with Gasteiger partial charge in [-0.3, -0.25) is 9.78 Å². The first-order valence-corrected chi connectivity index (χ1v) is 10.4. The van der Waals surface area contributed by atoms with Crippen LogP contribution >= 0.6 is 11.3 Å². The van der Waals surface area contributed by atoms with E-state index >= 15 is 0 Å². The molecule has 4 heterocycles. The molecule has 9 nitrogen and oxygen atoms in total. The molecule has 0 bridgehead atoms. The van der Waals surface area contributed by atoms with Crippen LogP contribution < -0.4 is 10.6 Å². The minimum absolute atomic E-state index is 0.171. The minimum atomic E-state index is -0.738. The third kappa shape index (κ3) is 4.65. The molecule has 1 aromatic carbocycles. The number of carbonyl (C=O) groups is 1. The lowest BCUT2D eigenvalue weighted by molar-refractivity contribution is 0.112. The van der Waals surface area contributed by atoms with E-state index in [9.17, 15) is 13.6 Å². The zero-order valence-corrected chi connectivity index (χ0v) is 17.9. The predicted molar refractivity (Wildman–Crippen MR) is 122 cm³/mol. The van der Waals surface area contributed by atoms with Crippen molar-refractivity contribution in [3.63, 3.8) is 0 Å². The first kappa shape index (κ1) is 21.9. The summed E-state index contributed by atoms with van der Waals surface area (Å²) in [4.78, 5) is 33.8. The molecule has 0 spiro atoms. The maximum Gasteiger partial charge on any atom is 0.181 e. The third-order valence-corrected chi connectivity index (χ3v) is 5.16. The number of pyridine rings is 1. The lowest BCUT2D eigenvalue weighted by Gasteiger charge is -2.14. The Hall–Kier alpha value is -4.32. The second kappa shape index (κ2) is 9.87. The molecule has 0 atom stereocenters. The van der Waals surface area contributed by atoms with Crippen LogP contribution in [0, 0.1) is 11.6 Å². The van der Waals surface area contributed by atoms with Crippen molar-refractivity contribution in [3.8, 4) is 11.3 Å². The van der Waals surface area contributed by atoms with Crippen LogP contribution in [0.4, 0.5) is 26.0 Å². The van der Waals surface area contributed by atoms with Crippen LogP contribution in [0.3, 0.4) is 0 Å². The molecule has 166 valence electrons. The lowest BCUT2D eigenvalue weighted by Crippen LogP contribution is -2.04. The molecule has 0 saturated heterocycles. The number of aromatic amines is 1. The summed E-state index contributed by atoms with van der Waals surface area (Å²) in [6.07, 6.45) is 6.73. The molecule has 3 N–H and O–H groups in total. The molecule has 0 fully saturated rings. The quantitative estimate of drug-likeness (QED) is 0.325. The molecule has 33 heavy (non-hydrogen) atoms. The largest absolute Gasteiger partial charge is 0.386 e. The number of benzene rings is 1. The number of imidazole rings is 1. The molecule has 0 aliphatic carbocycles. The monoisotopic (exact) mass is 466 g/mol. The van der Waals surface area contributed by atoms with Crippen molar-refractivity contribution < 1.29 is 13.6 Å². The molecular formula is C21H16F2N8OS. The molecule has 12 heteroatoms. The second-order valence-corrected chi connectivity index (χ2v) is 7.32. The van der Waals surface area contributed by atoms with E-state index in [2.05, 4.69) is 40.5 Å². The summed E-state index contributed by atoms with van der Waals surface area (Å²) in [5, 5.41) is 5.42. The number of aromatic nitrogens is 6. The van der Waals surface area contributed by atoms with Gasteiger partial charge in [-0.1, -0.05) is 0 Å². The molecule has 0 amide bonds. The summed E-state index contributed by atoms with van der Waals surface area (Å²) in [6, 6.07) is 5.96. The van der Waals surface area contributed by atoms with Crippen LogP contribution in [0.25, 0.3) is 22.4 Å². The average Bonchev–Trinajstić information content (AvgIpc) is 3.54. The van der Waals surface area contributed by atoms with E-state index in [1.54, 1.807) is 24.7 Å². The van der Waals surface area contributed by atoms with Crippen molar-refractivity contribution in [2.24, 2.45) is 0 Å². The first-order chi connectivity index (χ1) is 16.1. The average molecular weight is 466 g/mol. The number of hydrogen-bond acceptors (Lipinski definition) is 9. The number of halogens is 2. The van der Waals surface area contributed by atoms with Crippen LogP contribution in [0.15, 0.2) is 54.8 Å². The van der Waals surface area contributed by atoms with Gasteiger partial charge >= 0.3 is 0 Å². The van der Waals surface area contributed by atoms with Crippen molar-refractivity contribution in [3.05, 3.63) is 71.3 Å². The van der Waals surface area contributed by atoms with Crippen LogP contribution in [-0.4, -0.2) is 43.2 Å². The maximum atomic E-state index is 14.5. The summed E-state index contributed by atoms with van der Waals surface area (Å²) in [5.41, 5.74) is 3.67. The SMILES string of the molecule is CNc1ccc(F)c(Nc2ncccc2-c2ncnc3nc[nH]c23)c1F.O=Cc1cncs1. The van der Waals surface area contributed by atoms with E-state index in [0.717, 1.165) is 6.29 Å². The number of fused-ring (bicyclic) bond motifs is 1. The summed E-state index contributed by atoms with van der Waals surface area (Å²) in [5.74, 6) is -1.21. The fourth-order valence-corrected chi connectivity index (χ4v) is 3.35. The molecule has 0 saturated carbocycles. The fourth-order valence-electron chi connectivity index (χ4n) is 2.93. The van der Waals surface area contributed by atoms with E-state index < -0.39 is 11.6 Å². The van der Waals surface area contributed by atoms with Gasteiger partial charge in [0.25, 0.3) is 0 Å². The normalized spacial score (nSPS) is 10.4. The zero-order valence-electron chi connectivity index (χ0n) is 17.1. The highest BCUT2D eigenvalue weighted by molar-refractivity contribution is 7.11. The Morgan fingerprint density at radius 3 is 2.73 bits per heavy atom. The Morgan fingerprint density at radius 2 is 2.00 bits per heavy atom. The van der Waals surface area contributed by atoms with Crippen molar-refractivity contribution in [2.75, 3.05) is 17.7 Å². The third-order valence-electron chi connectivity index (χ3n) is 4.46. The van der Waals surface area contributed by atoms with Gasteiger partial charge in [-0.2, -0.15) is 0 Å². The summed E-state index contributed by atoms with van der Waals surface area (Å²) >= 11 is 1.34. The lowest BCUT2D eigenvalue weighted by atomic mass is 10.1. The molecule has 5 rings (SSSR count). The number of carbonyl (C=O) groups excluding carboxylic acids is 1.